The number of unbranched alkanes of at least 4 members (excludes halogenated alkanes) is 15. The Kier molecular flexibility index (Phi) is 16.2. The first-order valence-corrected chi connectivity index (χ1v) is 14.8. The minimum Gasteiger partial charge on any atom is -0.487 e. The molecular weight excluding hydrogens is 509 g/mol. The minimum atomic E-state index is -0.686. The van der Waals surface area contributed by atoms with E-state index in [2.05, 4.69) is 17.2 Å². The predicted molar refractivity (Wildman–Crippen MR) is 151 cm³/mol. The van der Waals surface area contributed by atoms with Gasteiger partial charge in [0.2, 0.25) is 0 Å². The zero-order chi connectivity index (χ0) is 26.7. The highest BCUT2D eigenvalue weighted by molar-refractivity contribution is 6.69. The first-order chi connectivity index (χ1) is 18.0. The van der Waals surface area contributed by atoms with Crippen LogP contribution in [0.25, 0.3) is 0 Å². The van der Waals surface area contributed by atoms with E-state index in [1.54, 1.807) is 0 Å². The summed E-state index contributed by atoms with van der Waals surface area (Å²) >= 11 is 11.1. The van der Waals surface area contributed by atoms with E-state index in [0.717, 1.165) is 13.0 Å². The first kappa shape index (κ1) is 31.3. The minimum absolute atomic E-state index is 0.148. The maximum absolute atomic E-state index is 11.5. The van der Waals surface area contributed by atoms with Crippen LogP contribution >= 0.6 is 23.2 Å². The van der Waals surface area contributed by atoms with Crippen LogP contribution in [0, 0.1) is 0 Å². The Labute approximate surface area is 232 Å². The SMILES string of the molecule is CCCCCCCCCCCCCCCCCCn1cc(COc2cc(C(=O)Cl)cc(C(=O)Cl)c2)nn1. The molecule has 1 heterocycles. The monoisotopic (exact) mass is 551 g/mol. The number of nitrogens with zero attached hydrogens (tertiary/aromatic N) is 3. The number of aryl methyl sites for hydroxylation is 1. The van der Waals surface area contributed by atoms with Crippen molar-refractivity contribution >= 4 is 33.7 Å². The summed E-state index contributed by atoms with van der Waals surface area (Å²) in [6.07, 6.45) is 23.4. The molecule has 0 N–H and O–H groups in total. The average molecular weight is 553 g/mol. The fourth-order valence-corrected chi connectivity index (χ4v) is 4.62. The molecule has 0 fully saturated rings. The second kappa shape index (κ2) is 19.2. The van der Waals surface area contributed by atoms with E-state index in [0.29, 0.717) is 11.4 Å². The van der Waals surface area contributed by atoms with Crippen molar-refractivity contribution in [3.8, 4) is 5.75 Å². The fourth-order valence-electron chi connectivity index (χ4n) is 4.40. The first-order valence-electron chi connectivity index (χ1n) is 14.1. The molecule has 2 rings (SSSR count). The molecule has 0 saturated heterocycles. The molecular formula is C29H43Cl2N3O3. The lowest BCUT2D eigenvalue weighted by atomic mass is 10.0. The molecule has 0 saturated carbocycles. The number of carbonyl (C=O) groups excluding carboxylic acids is 2. The molecule has 0 aliphatic rings. The van der Waals surface area contributed by atoms with Gasteiger partial charge in [-0.3, -0.25) is 14.3 Å². The number of benzene rings is 1. The summed E-state index contributed by atoms with van der Waals surface area (Å²) in [5.41, 5.74) is 0.962. The van der Waals surface area contributed by atoms with Gasteiger partial charge < -0.3 is 4.74 Å². The van der Waals surface area contributed by atoms with Crippen LogP contribution in [0.1, 0.15) is 136 Å². The molecule has 0 aliphatic carbocycles. The largest absolute Gasteiger partial charge is 0.487 e. The lowest BCUT2D eigenvalue weighted by Gasteiger charge is -2.07. The molecule has 1 aromatic carbocycles. The highest BCUT2D eigenvalue weighted by atomic mass is 35.5. The number of halogens is 2. The van der Waals surface area contributed by atoms with Crippen molar-refractivity contribution in [1.82, 2.24) is 15.0 Å². The lowest BCUT2D eigenvalue weighted by Crippen LogP contribution is -2.01. The summed E-state index contributed by atoms with van der Waals surface area (Å²) in [4.78, 5) is 22.9. The third kappa shape index (κ3) is 14.0. The lowest BCUT2D eigenvalue weighted by molar-refractivity contribution is 0.108. The van der Waals surface area contributed by atoms with Gasteiger partial charge in [-0.1, -0.05) is 108 Å². The van der Waals surface area contributed by atoms with Gasteiger partial charge in [0.1, 0.15) is 18.1 Å². The molecule has 0 radical (unpaired) electrons. The quantitative estimate of drug-likeness (QED) is 0.108. The Balaban J connectivity index is 1.50. The molecule has 37 heavy (non-hydrogen) atoms. The summed E-state index contributed by atoms with van der Waals surface area (Å²) < 4.78 is 7.51. The Morgan fingerprint density at radius 2 is 1.19 bits per heavy atom. The molecule has 0 spiro atoms. The number of hydrogen-bond donors (Lipinski definition) is 0. The second-order valence-corrected chi connectivity index (χ2v) is 10.5. The van der Waals surface area contributed by atoms with Crippen molar-refractivity contribution in [1.29, 1.82) is 0 Å². The molecule has 1 aromatic heterocycles. The number of hydrogen-bond acceptors (Lipinski definition) is 5. The van der Waals surface area contributed by atoms with Crippen LogP contribution in [-0.2, 0) is 13.2 Å². The highest BCUT2D eigenvalue weighted by Crippen LogP contribution is 2.21. The number of aromatic nitrogens is 3. The highest BCUT2D eigenvalue weighted by Gasteiger charge is 2.12. The molecule has 0 atom stereocenters. The van der Waals surface area contributed by atoms with Crippen molar-refractivity contribution in [2.75, 3.05) is 0 Å². The van der Waals surface area contributed by atoms with Crippen LogP contribution in [-0.4, -0.2) is 25.5 Å². The van der Waals surface area contributed by atoms with Crippen molar-refractivity contribution in [3.05, 3.63) is 41.2 Å². The van der Waals surface area contributed by atoms with E-state index in [4.69, 9.17) is 27.9 Å². The van der Waals surface area contributed by atoms with Crippen molar-refractivity contribution < 1.29 is 14.3 Å². The molecule has 8 heteroatoms. The average Bonchev–Trinajstić information content (AvgIpc) is 3.34. The maximum Gasteiger partial charge on any atom is 0.252 e. The number of carbonyl (C=O) groups is 2. The molecule has 0 bridgehead atoms. The van der Waals surface area contributed by atoms with Gasteiger partial charge in [-0.05, 0) is 47.8 Å². The van der Waals surface area contributed by atoms with Gasteiger partial charge in [-0.25, -0.2) is 0 Å². The standard InChI is InChI=1S/C29H43Cl2N3O3/c1-2-3-4-5-6-7-8-9-10-11-12-13-14-15-16-17-18-34-22-26(32-33-34)23-37-27-20-24(28(30)35)19-25(21-27)29(31)36/h19-22H,2-18,23H2,1H3. The van der Waals surface area contributed by atoms with Gasteiger partial charge in [0.15, 0.2) is 0 Å². The number of rotatable bonds is 22. The zero-order valence-corrected chi connectivity index (χ0v) is 23.9. The summed E-state index contributed by atoms with van der Waals surface area (Å²) in [6, 6.07) is 4.28. The third-order valence-electron chi connectivity index (χ3n) is 6.57. The summed E-state index contributed by atoms with van der Waals surface area (Å²) in [7, 11) is 0. The van der Waals surface area contributed by atoms with Gasteiger partial charge in [0.25, 0.3) is 10.5 Å². The smallest absolute Gasteiger partial charge is 0.252 e. The van der Waals surface area contributed by atoms with E-state index >= 15 is 0 Å². The van der Waals surface area contributed by atoms with Crippen LogP contribution in [0.3, 0.4) is 0 Å². The van der Waals surface area contributed by atoms with Crippen LogP contribution in [0.2, 0.25) is 0 Å². The van der Waals surface area contributed by atoms with E-state index in [1.165, 1.54) is 115 Å². The molecule has 0 unspecified atom stereocenters. The molecule has 2 aromatic rings. The normalized spacial score (nSPS) is 11.1. The summed E-state index contributed by atoms with van der Waals surface area (Å²) in [6.45, 7) is 3.26. The topological polar surface area (TPSA) is 74.1 Å². The Bertz CT molecular complexity index is 901. The second-order valence-electron chi connectivity index (χ2n) is 9.86. The molecule has 6 nitrogen and oxygen atoms in total. The van der Waals surface area contributed by atoms with Crippen molar-refractivity contribution in [3.63, 3.8) is 0 Å². The molecule has 0 aliphatic heterocycles. The van der Waals surface area contributed by atoms with Crippen molar-refractivity contribution in [2.24, 2.45) is 0 Å². The number of ether oxygens (including phenoxy) is 1. The summed E-state index contributed by atoms with van der Waals surface area (Å²) in [5, 5.41) is 6.93. The van der Waals surface area contributed by atoms with Crippen LogP contribution in [0.15, 0.2) is 24.4 Å². The van der Waals surface area contributed by atoms with E-state index in [9.17, 15) is 9.59 Å². The van der Waals surface area contributed by atoms with Gasteiger partial charge in [-0.15, -0.1) is 5.10 Å². The Hall–Kier alpha value is -1.92. The van der Waals surface area contributed by atoms with Crippen LogP contribution < -0.4 is 4.74 Å². The fraction of sp³-hybridized carbons (Fsp3) is 0.655. The van der Waals surface area contributed by atoms with Gasteiger partial charge in [0.05, 0.1) is 6.20 Å². The van der Waals surface area contributed by atoms with Gasteiger partial charge >= 0.3 is 0 Å². The third-order valence-corrected chi connectivity index (χ3v) is 7.01. The van der Waals surface area contributed by atoms with Gasteiger partial charge in [0, 0.05) is 17.7 Å². The summed E-state index contributed by atoms with van der Waals surface area (Å²) in [5.74, 6) is 0.322. The van der Waals surface area contributed by atoms with Crippen LogP contribution in [0.5, 0.6) is 5.75 Å². The Morgan fingerprint density at radius 3 is 1.65 bits per heavy atom. The van der Waals surface area contributed by atoms with Crippen molar-refractivity contribution in [2.45, 2.75) is 123 Å². The molecule has 206 valence electrons. The van der Waals surface area contributed by atoms with E-state index < -0.39 is 10.5 Å². The Morgan fingerprint density at radius 1 is 0.730 bits per heavy atom. The van der Waals surface area contributed by atoms with E-state index in [1.807, 2.05) is 10.9 Å². The predicted octanol–water partition coefficient (Wildman–Crippen LogP) is 8.88. The zero-order valence-electron chi connectivity index (χ0n) is 22.4. The van der Waals surface area contributed by atoms with E-state index in [-0.39, 0.29) is 17.7 Å². The van der Waals surface area contributed by atoms with Crippen LogP contribution in [0.4, 0.5) is 0 Å². The van der Waals surface area contributed by atoms with Gasteiger partial charge in [-0.2, -0.15) is 0 Å². The molecule has 0 amide bonds. The maximum atomic E-state index is 11.5.